The molecule has 0 aromatic carbocycles. The van der Waals surface area contributed by atoms with Gasteiger partial charge in [-0.25, -0.2) is 4.79 Å². The van der Waals surface area contributed by atoms with Crippen LogP contribution < -0.4 is 0 Å². The summed E-state index contributed by atoms with van der Waals surface area (Å²) in [4.78, 5) is 22.3. The minimum absolute atomic E-state index is 0.203. The van der Waals surface area contributed by atoms with Crippen molar-refractivity contribution in [1.29, 1.82) is 0 Å². The standard InChI is InChI=1S/C10H8O4S/c1-14-10(13)8-6-5-7(15-8)3-2-4-9(11)12/h5-6H,4H2,1H3,(H,11,12). The summed E-state index contributed by atoms with van der Waals surface area (Å²) in [6.07, 6.45) is -0.203. The number of carboxylic acids is 1. The van der Waals surface area contributed by atoms with Crippen LogP contribution in [-0.4, -0.2) is 24.2 Å². The largest absolute Gasteiger partial charge is 0.481 e. The molecule has 1 heterocycles. The SMILES string of the molecule is COC(=O)c1ccc(C#CCC(=O)O)s1. The summed E-state index contributed by atoms with van der Waals surface area (Å²) in [7, 11) is 1.30. The van der Waals surface area contributed by atoms with Gasteiger partial charge in [0.15, 0.2) is 0 Å². The van der Waals surface area contributed by atoms with Crippen LogP contribution >= 0.6 is 11.3 Å². The molecule has 0 aliphatic heterocycles. The Labute approximate surface area is 90.5 Å². The van der Waals surface area contributed by atoms with Crippen molar-refractivity contribution in [3.05, 3.63) is 21.9 Å². The maximum atomic E-state index is 11.1. The predicted octanol–water partition coefficient (Wildman–Crippen LogP) is 1.36. The molecule has 0 amide bonds. The zero-order valence-electron chi connectivity index (χ0n) is 7.94. The van der Waals surface area contributed by atoms with E-state index >= 15 is 0 Å². The summed E-state index contributed by atoms with van der Waals surface area (Å²) in [6.45, 7) is 0. The Morgan fingerprint density at radius 3 is 2.87 bits per heavy atom. The summed E-state index contributed by atoms with van der Waals surface area (Å²) >= 11 is 1.18. The van der Waals surface area contributed by atoms with Crippen molar-refractivity contribution in [2.75, 3.05) is 7.11 Å². The monoisotopic (exact) mass is 224 g/mol. The molecular formula is C10H8O4S. The number of carbonyl (C=O) groups excluding carboxylic acids is 1. The van der Waals surface area contributed by atoms with Gasteiger partial charge in [-0.05, 0) is 12.1 Å². The van der Waals surface area contributed by atoms with Gasteiger partial charge in [-0.3, -0.25) is 4.79 Å². The van der Waals surface area contributed by atoms with E-state index in [1.54, 1.807) is 12.1 Å². The third-order valence-electron chi connectivity index (χ3n) is 1.44. The zero-order chi connectivity index (χ0) is 11.3. The molecule has 1 rings (SSSR count). The van der Waals surface area contributed by atoms with Crippen LogP contribution in [0.2, 0.25) is 0 Å². The fourth-order valence-corrected chi connectivity index (χ4v) is 1.62. The Bertz CT molecular complexity index is 436. The quantitative estimate of drug-likeness (QED) is 0.608. The molecule has 0 spiro atoms. The van der Waals surface area contributed by atoms with Gasteiger partial charge in [-0.15, -0.1) is 11.3 Å². The molecule has 15 heavy (non-hydrogen) atoms. The third-order valence-corrected chi connectivity index (χ3v) is 2.42. The summed E-state index contributed by atoms with van der Waals surface area (Å²) in [5.74, 6) is 3.76. The lowest BCUT2D eigenvalue weighted by atomic mass is 10.4. The van der Waals surface area contributed by atoms with E-state index in [9.17, 15) is 9.59 Å². The summed E-state index contributed by atoms with van der Waals surface area (Å²) in [5, 5.41) is 8.35. The molecular weight excluding hydrogens is 216 g/mol. The van der Waals surface area contributed by atoms with Gasteiger partial charge in [0.2, 0.25) is 0 Å². The number of methoxy groups -OCH3 is 1. The van der Waals surface area contributed by atoms with Gasteiger partial charge in [0.05, 0.1) is 12.0 Å². The normalized spacial score (nSPS) is 8.87. The van der Waals surface area contributed by atoms with Gasteiger partial charge in [-0.2, -0.15) is 0 Å². The average Bonchev–Trinajstić information content (AvgIpc) is 2.65. The van der Waals surface area contributed by atoms with Crippen molar-refractivity contribution in [3.8, 4) is 11.8 Å². The molecule has 0 saturated heterocycles. The lowest BCUT2D eigenvalue weighted by molar-refractivity contribution is -0.135. The van der Waals surface area contributed by atoms with Gasteiger partial charge in [0, 0.05) is 0 Å². The molecule has 4 nitrogen and oxygen atoms in total. The number of aliphatic carboxylic acids is 1. The van der Waals surface area contributed by atoms with E-state index in [1.165, 1.54) is 18.4 Å². The topological polar surface area (TPSA) is 63.6 Å². The summed E-state index contributed by atoms with van der Waals surface area (Å²) in [6, 6.07) is 3.26. The highest BCUT2D eigenvalue weighted by molar-refractivity contribution is 7.14. The molecule has 0 aliphatic carbocycles. The van der Waals surface area contributed by atoms with Crippen LogP contribution in [0.25, 0.3) is 0 Å². The van der Waals surface area contributed by atoms with Gasteiger partial charge < -0.3 is 9.84 Å². The van der Waals surface area contributed by atoms with Crippen molar-refractivity contribution in [3.63, 3.8) is 0 Å². The number of hydrogen-bond acceptors (Lipinski definition) is 4. The minimum Gasteiger partial charge on any atom is -0.481 e. The first-order valence-corrected chi connectivity index (χ1v) is 4.84. The molecule has 0 fully saturated rings. The number of esters is 1. The lowest BCUT2D eigenvalue weighted by Crippen LogP contribution is -1.96. The molecule has 0 unspecified atom stereocenters. The molecule has 1 N–H and O–H groups in total. The molecule has 5 heteroatoms. The van der Waals surface area contributed by atoms with E-state index in [0.717, 1.165) is 0 Å². The van der Waals surface area contributed by atoms with E-state index in [4.69, 9.17) is 5.11 Å². The maximum absolute atomic E-state index is 11.1. The first-order valence-electron chi connectivity index (χ1n) is 4.02. The van der Waals surface area contributed by atoms with Crippen LogP contribution in [0.3, 0.4) is 0 Å². The molecule has 0 saturated carbocycles. The van der Waals surface area contributed by atoms with E-state index < -0.39 is 11.9 Å². The number of ether oxygens (including phenoxy) is 1. The molecule has 0 aliphatic rings. The highest BCUT2D eigenvalue weighted by atomic mass is 32.1. The van der Waals surface area contributed by atoms with Crippen molar-refractivity contribution in [1.82, 2.24) is 0 Å². The number of rotatable bonds is 2. The fraction of sp³-hybridized carbons (Fsp3) is 0.200. The number of carboxylic acid groups (broad SMARTS) is 1. The van der Waals surface area contributed by atoms with E-state index in [1.807, 2.05) is 0 Å². The van der Waals surface area contributed by atoms with Gasteiger partial charge in [0.1, 0.15) is 11.3 Å². The predicted molar refractivity (Wildman–Crippen MR) is 54.8 cm³/mol. The van der Waals surface area contributed by atoms with E-state index in [0.29, 0.717) is 9.75 Å². The van der Waals surface area contributed by atoms with Crippen LogP contribution in [0.1, 0.15) is 21.0 Å². The van der Waals surface area contributed by atoms with Crippen molar-refractivity contribution < 1.29 is 19.4 Å². The van der Waals surface area contributed by atoms with E-state index in [-0.39, 0.29) is 6.42 Å². The average molecular weight is 224 g/mol. The van der Waals surface area contributed by atoms with Gasteiger partial charge in [-0.1, -0.05) is 11.8 Å². The van der Waals surface area contributed by atoms with Crippen LogP contribution in [0.15, 0.2) is 12.1 Å². The smallest absolute Gasteiger partial charge is 0.348 e. The first-order chi connectivity index (χ1) is 7.13. The highest BCUT2D eigenvalue weighted by Crippen LogP contribution is 2.15. The summed E-state index contributed by atoms with van der Waals surface area (Å²) in [5.41, 5.74) is 0. The van der Waals surface area contributed by atoms with Crippen molar-refractivity contribution >= 4 is 23.3 Å². The lowest BCUT2D eigenvalue weighted by Gasteiger charge is -1.90. The Kier molecular flexibility index (Phi) is 3.89. The Morgan fingerprint density at radius 2 is 2.27 bits per heavy atom. The Balaban J connectivity index is 2.71. The molecule has 0 atom stereocenters. The molecule has 0 radical (unpaired) electrons. The fourth-order valence-electron chi connectivity index (χ4n) is 0.822. The number of hydrogen-bond donors (Lipinski definition) is 1. The zero-order valence-corrected chi connectivity index (χ0v) is 8.76. The Morgan fingerprint density at radius 1 is 1.53 bits per heavy atom. The Hall–Kier alpha value is -1.80. The van der Waals surface area contributed by atoms with Gasteiger partial charge >= 0.3 is 11.9 Å². The minimum atomic E-state index is -0.966. The second-order valence-corrected chi connectivity index (χ2v) is 3.61. The molecule has 1 aromatic heterocycles. The maximum Gasteiger partial charge on any atom is 0.348 e. The molecule has 0 bridgehead atoms. The number of thiophene rings is 1. The van der Waals surface area contributed by atoms with Crippen molar-refractivity contribution in [2.45, 2.75) is 6.42 Å². The highest BCUT2D eigenvalue weighted by Gasteiger charge is 2.07. The third kappa shape index (κ3) is 3.44. The molecule has 78 valence electrons. The molecule has 1 aromatic rings. The van der Waals surface area contributed by atoms with E-state index in [2.05, 4.69) is 16.6 Å². The van der Waals surface area contributed by atoms with Crippen LogP contribution in [0, 0.1) is 11.8 Å². The van der Waals surface area contributed by atoms with Crippen LogP contribution in [0.5, 0.6) is 0 Å². The first kappa shape index (κ1) is 11.3. The summed E-state index contributed by atoms with van der Waals surface area (Å²) < 4.78 is 4.52. The van der Waals surface area contributed by atoms with Crippen molar-refractivity contribution in [2.24, 2.45) is 0 Å². The second-order valence-electron chi connectivity index (χ2n) is 2.53. The van der Waals surface area contributed by atoms with Gasteiger partial charge in [0.25, 0.3) is 0 Å². The second kappa shape index (κ2) is 5.17. The van der Waals surface area contributed by atoms with Crippen LogP contribution in [0.4, 0.5) is 0 Å². The van der Waals surface area contributed by atoms with Crippen LogP contribution in [-0.2, 0) is 9.53 Å². The number of carbonyl (C=O) groups is 2.